The Morgan fingerprint density at radius 1 is 1.44 bits per heavy atom. The van der Waals surface area contributed by atoms with Crippen molar-refractivity contribution in [2.24, 2.45) is 5.73 Å². The zero-order valence-corrected chi connectivity index (χ0v) is 10.8. The molecule has 1 aromatic heterocycles. The van der Waals surface area contributed by atoms with E-state index in [0.717, 1.165) is 11.4 Å². The lowest BCUT2D eigenvalue weighted by molar-refractivity contribution is 0.610. The van der Waals surface area contributed by atoms with Gasteiger partial charge >= 0.3 is 0 Å². The monoisotopic (exact) mass is 221 g/mol. The number of aromatic nitrogens is 1. The number of pyridine rings is 1. The van der Waals surface area contributed by atoms with E-state index >= 15 is 0 Å². The smallest absolute Gasteiger partial charge is 0.128 e. The van der Waals surface area contributed by atoms with E-state index in [1.807, 2.05) is 19.2 Å². The van der Waals surface area contributed by atoms with E-state index in [1.165, 1.54) is 12.8 Å². The minimum absolute atomic E-state index is 0.0663. The van der Waals surface area contributed by atoms with Crippen LogP contribution in [0.1, 0.15) is 45.2 Å². The molecule has 0 aliphatic heterocycles. The number of hydrogen-bond donors (Lipinski definition) is 1. The predicted octanol–water partition coefficient (Wildman–Crippen LogP) is 2.73. The topological polar surface area (TPSA) is 42.1 Å². The molecule has 1 heterocycles. The molecule has 1 unspecified atom stereocenters. The van der Waals surface area contributed by atoms with Gasteiger partial charge in [0.2, 0.25) is 0 Å². The first kappa shape index (κ1) is 13.0. The van der Waals surface area contributed by atoms with Gasteiger partial charge in [-0.05, 0) is 38.0 Å². The van der Waals surface area contributed by atoms with Crippen molar-refractivity contribution in [2.75, 3.05) is 11.9 Å². The molecule has 0 aromatic carbocycles. The molecule has 2 N–H and O–H groups in total. The SMILES string of the molecule is CCCC(C)N(C)c1cc([C@H](C)N)ccn1. The standard InChI is InChI=1S/C13H23N3/c1-5-6-10(2)16(4)13-9-12(11(3)14)7-8-15-13/h7-11H,5-6,14H2,1-4H3/t10?,11-/m0/s1. The molecule has 0 saturated heterocycles. The van der Waals surface area contributed by atoms with Crippen molar-refractivity contribution >= 4 is 5.82 Å². The van der Waals surface area contributed by atoms with Crippen LogP contribution >= 0.6 is 0 Å². The second kappa shape index (κ2) is 5.85. The lowest BCUT2D eigenvalue weighted by atomic mass is 10.1. The number of hydrogen-bond acceptors (Lipinski definition) is 3. The molecule has 0 radical (unpaired) electrons. The van der Waals surface area contributed by atoms with E-state index in [1.54, 1.807) is 0 Å². The Balaban J connectivity index is 2.82. The molecule has 0 aliphatic rings. The summed E-state index contributed by atoms with van der Waals surface area (Å²) < 4.78 is 0. The van der Waals surface area contributed by atoms with Gasteiger partial charge in [0, 0.05) is 25.3 Å². The van der Waals surface area contributed by atoms with E-state index < -0.39 is 0 Å². The molecule has 0 aliphatic carbocycles. The molecular weight excluding hydrogens is 198 g/mol. The van der Waals surface area contributed by atoms with E-state index in [2.05, 4.69) is 36.8 Å². The van der Waals surface area contributed by atoms with Crippen LogP contribution in [0.3, 0.4) is 0 Å². The van der Waals surface area contributed by atoms with Gasteiger partial charge in [0.15, 0.2) is 0 Å². The van der Waals surface area contributed by atoms with Crippen LogP contribution in [0, 0.1) is 0 Å². The molecule has 0 bridgehead atoms. The number of anilines is 1. The van der Waals surface area contributed by atoms with Gasteiger partial charge in [0.1, 0.15) is 5.82 Å². The number of nitrogens with zero attached hydrogens (tertiary/aromatic N) is 2. The normalized spacial score (nSPS) is 14.6. The van der Waals surface area contributed by atoms with Crippen molar-refractivity contribution in [1.29, 1.82) is 0 Å². The highest BCUT2D eigenvalue weighted by Gasteiger charge is 2.11. The maximum absolute atomic E-state index is 5.87. The first-order valence-corrected chi connectivity index (χ1v) is 6.00. The highest BCUT2D eigenvalue weighted by atomic mass is 15.2. The largest absolute Gasteiger partial charge is 0.357 e. The molecule has 0 fully saturated rings. The summed E-state index contributed by atoms with van der Waals surface area (Å²) in [5.41, 5.74) is 7.01. The van der Waals surface area contributed by atoms with Crippen LogP contribution in [-0.4, -0.2) is 18.1 Å². The van der Waals surface area contributed by atoms with Crippen molar-refractivity contribution < 1.29 is 0 Å². The van der Waals surface area contributed by atoms with Gasteiger partial charge in [0.25, 0.3) is 0 Å². The van der Waals surface area contributed by atoms with Gasteiger partial charge < -0.3 is 10.6 Å². The summed E-state index contributed by atoms with van der Waals surface area (Å²) in [6.07, 6.45) is 4.21. The Morgan fingerprint density at radius 2 is 2.12 bits per heavy atom. The quantitative estimate of drug-likeness (QED) is 0.831. The molecular formula is C13H23N3. The lowest BCUT2D eigenvalue weighted by Crippen LogP contribution is -2.29. The van der Waals surface area contributed by atoms with Crippen LogP contribution in [0.5, 0.6) is 0 Å². The van der Waals surface area contributed by atoms with E-state index in [-0.39, 0.29) is 6.04 Å². The third-order valence-corrected chi connectivity index (χ3v) is 3.02. The fourth-order valence-electron chi connectivity index (χ4n) is 1.75. The molecule has 0 saturated carbocycles. The van der Waals surface area contributed by atoms with Gasteiger partial charge in [-0.25, -0.2) is 4.98 Å². The molecule has 3 nitrogen and oxygen atoms in total. The van der Waals surface area contributed by atoms with Gasteiger partial charge in [-0.2, -0.15) is 0 Å². The van der Waals surface area contributed by atoms with Crippen molar-refractivity contribution in [3.05, 3.63) is 23.9 Å². The van der Waals surface area contributed by atoms with Crippen molar-refractivity contribution in [3.63, 3.8) is 0 Å². The van der Waals surface area contributed by atoms with Crippen LogP contribution in [0.4, 0.5) is 5.82 Å². The molecule has 3 heteroatoms. The fourth-order valence-corrected chi connectivity index (χ4v) is 1.75. The fraction of sp³-hybridized carbons (Fsp3) is 0.615. The van der Waals surface area contributed by atoms with Gasteiger partial charge in [-0.1, -0.05) is 13.3 Å². The average molecular weight is 221 g/mol. The summed E-state index contributed by atoms with van der Waals surface area (Å²) in [6.45, 7) is 6.43. The lowest BCUT2D eigenvalue weighted by Gasteiger charge is -2.26. The van der Waals surface area contributed by atoms with Crippen LogP contribution in [0.2, 0.25) is 0 Å². The second-order valence-electron chi connectivity index (χ2n) is 4.48. The first-order valence-electron chi connectivity index (χ1n) is 6.00. The molecule has 0 amide bonds. The highest BCUT2D eigenvalue weighted by Crippen LogP contribution is 2.18. The minimum atomic E-state index is 0.0663. The highest BCUT2D eigenvalue weighted by molar-refractivity contribution is 5.41. The Morgan fingerprint density at radius 3 is 2.69 bits per heavy atom. The Labute approximate surface area is 98.7 Å². The van der Waals surface area contributed by atoms with Crippen LogP contribution in [0.15, 0.2) is 18.3 Å². The van der Waals surface area contributed by atoms with E-state index in [0.29, 0.717) is 6.04 Å². The molecule has 0 spiro atoms. The van der Waals surface area contributed by atoms with Crippen LogP contribution in [-0.2, 0) is 0 Å². The Kier molecular flexibility index (Phi) is 4.74. The molecule has 90 valence electrons. The zero-order chi connectivity index (χ0) is 12.1. The van der Waals surface area contributed by atoms with Gasteiger partial charge in [-0.15, -0.1) is 0 Å². The third kappa shape index (κ3) is 3.20. The first-order chi connectivity index (χ1) is 7.56. The van der Waals surface area contributed by atoms with Gasteiger partial charge in [-0.3, -0.25) is 0 Å². The third-order valence-electron chi connectivity index (χ3n) is 3.02. The number of nitrogens with two attached hydrogens (primary N) is 1. The summed E-state index contributed by atoms with van der Waals surface area (Å²) in [5.74, 6) is 1.01. The van der Waals surface area contributed by atoms with E-state index in [9.17, 15) is 0 Å². The van der Waals surface area contributed by atoms with Crippen molar-refractivity contribution in [1.82, 2.24) is 4.98 Å². The van der Waals surface area contributed by atoms with Crippen LogP contribution < -0.4 is 10.6 Å². The average Bonchev–Trinajstić information content (AvgIpc) is 2.28. The number of rotatable bonds is 5. The summed E-state index contributed by atoms with van der Waals surface area (Å²) in [4.78, 5) is 6.61. The maximum atomic E-state index is 5.87. The summed E-state index contributed by atoms with van der Waals surface area (Å²) in [6, 6.07) is 4.64. The second-order valence-corrected chi connectivity index (χ2v) is 4.48. The predicted molar refractivity (Wildman–Crippen MR) is 69.6 cm³/mol. The zero-order valence-electron chi connectivity index (χ0n) is 10.8. The summed E-state index contributed by atoms with van der Waals surface area (Å²) in [5, 5.41) is 0. The Bertz CT molecular complexity index is 323. The van der Waals surface area contributed by atoms with E-state index in [4.69, 9.17) is 5.73 Å². The van der Waals surface area contributed by atoms with Crippen LogP contribution in [0.25, 0.3) is 0 Å². The minimum Gasteiger partial charge on any atom is -0.357 e. The summed E-state index contributed by atoms with van der Waals surface area (Å²) in [7, 11) is 2.09. The summed E-state index contributed by atoms with van der Waals surface area (Å²) >= 11 is 0. The van der Waals surface area contributed by atoms with Gasteiger partial charge in [0.05, 0.1) is 0 Å². The maximum Gasteiger partial charge on any atom is 0.128 e. The molecule has 1 aromatic rings. The Hall–Kier alpha value is -1.09. The van der Waals surface area contributed by atoms with Crippen molar-refractivity contribution in [2.45, 2.75) is 45.7 Å². The molecule has 1 rings (SSSR count). The molecule has 16 heavy (non-hydrogen) atoms. The molecule has 2 atom stereocenters. The van der Waals surface area contributed by atoms with Crippen molar-refractivity contribution in [3.8, 4) is 0 Å².